The molecule has 1 aliphatic rings. The van der Waals surface area contributed by atoms with Crippen LogP contribution < -0.4 is 0 Å². The topological polar surface area (TPSA) is 71.4 Å². The van der Waals surface area contributed by atoms with Crippen LogP contribution >= 0.6 is 0 Å². The monoisotopic (exact) mass is 180 g/mol. The molecule has 0 aliphatic heterocycles. The fourth-order valence-electron chi connectivity index (χ4n) is 1.09. The first-order chi connectivity index (χ1) is 6.00. The molecule has 68 valence electrons. The van der Waals surface area contributed by atoms with Gasteiger partial charge in [0.05, 0.1) is 6.42 Å². The lowest BCUT2D eigenvalue weighted by atomic mass is 9.97. The lowest BCUT2D eigenvalue weighted by molar-refractivity contribution is -0.136. The molecule has 1 rings (SSSR count). The smallest absolute Gasteiger partial charge is 0.307 e. The van der Waals surface area contributed by atoms with Crippen LogP contribution in [-0.2, 0) is 14.4 Å². The Morgan fingerprint density at radius 2 is 2.00 bits per heavy atom. The van der Waals surface area contributed by atoms with Gasteiger partial charge < -0.3 is 5.11 Å². The van der Waals surface area contributed by atoms with E-state index in [9.17, 15) is 14.4 Å². The Morgan fingerprint density at radius 3 is 2.46 bits per heavy atom. The number of aliphatic carboxylic acids is 1. The predicted molar refractivity (Wildman–Crippen MR) is 44.1 cm³/mol. The summed E-state index contributed by atoms with van der Waals surface area (Å²) in [5.41, 5.74) is 0.665. The molecule has 4 heteroatoms. The molecule has 0 saturated carbocycles. The van der Waals surface area contributed by atoms with Gasteiger partial charge in [0.1, 0.15) is 0 Å². The molecule has 0 amide bonds. The number of carbonyl (C=O) groups excluding carboxylic acids is 2. The van der Waals surface area contributed by atoms with Crippen molar-refractivity contribution in [1.29, 1.82) is 0 Å². The summed E-state index contributed by atoms with van der Waals surface area (Å²) in [6, 6.07) is 0. The van der Waals surface area contributed by atoms with Crippen LogP contribution in [0.25, 0.3) is 0 Å². The number of rotatable bonds is 2. The number of carboxylic acids is 1. The van der Waals surface area contributed by atoms with Crippen LogP contribution in [0.2, 0.25) is 0 Å². The predicted octanol–water partition coefficient (Wildman–Crippen LogP) is 0.486. The number of Topliss-reactive ketones (excluding diaryl/α,β-unsaturated/α-hetero) is 1. The Morgan fingerprint density at radius 1 is 1.38 bits per heavy atom. The van der Waals surface area contributed by atoms with Crippen LogP contribution in [0, 0.1) is 0 Å². The fourth-order valence-corrected chi connectivity index (χ4v) is 1.09. The molecule has 0 aromatic rings. The van der Waals surface area contributed by atoms with E-state index in [1.54, 1.807) is 0 Å². The second-order valence-electron chi connectivity index (χ2n) is 2.81. The van der Waals surface area contributed by atoms with Crippen molar-refractivity contribution in [3.05, 3.63) is 23.3 Å². The molecule has 0 radical (unpaired) electrons. The number of allylic oxidation sites excluding steroid dienone is 3. The third-order valence-electron chi connectivity index (χ3n) is 1.66. The van der Waals surface area contributed by atoms with Crippen LogP contribution in [0.3, 0.4) is 0 Å². The summed E-state index contributed by atoms with van der Waals surface area (Å²) in [5, 5.41) is 8.44. The molecular formula is C9H8O4. The molecule has 0 heterocycles. The minimum Gasteiger partial charge on any atom is -0.481 e. The fraction of sp³-hybridized carbons (Fsp3) is 0.222. The summed E-state index contributed by atoms with van der Waals surface area (Å²) in [7, 11) is 0. The van der Waals surface area contributed by atoms with Crippen molar-refractivity contribution in [3.63, 3.8) is 0 Å². The van der Waals surface area contributed by atoms with Crippen molar-refractivity contribution in [3.8, 4) is 0 Å². The highest BCUT2D eigenvalue weighted by molar-refractivity contribution is 6.48. The van der Waals surface area contributed by atoms with E-state index in [-0.39, 0.29) is 6.42 Å². The molecule has 0 atom stereocenters. The standard InChI is InChI=1S/C9H8O4/c1-5-2-6(4-8(11)12)3-7(10)9(5)13/h2-3H,4H2,1H3,(H,11,12). The van der Waals surface area contributed by atoms with Gasteiger partial charge in [-0.15, -0.1) is 0 Å². The third kappa shape index (κ3) is 2.11. The molecule has 0 aromatic heterocycles. The lowest BCUT2D eigenvalue weighted by Gasteiger charge is -2.06. The van der Waals surface area contributed by atoms with E-state index in [2.05, 4.69) is 0 Å². The van der Waals surface area contributed by atoms with Gasteiger partial charge in [-0.3, -0.25) is 14.4 Å². The highest BCUT2D eigenvalue weighted by Crippen LogP contribution is 2.14. The maximum absolute atomic E-state index is 10.9. The highest BCUT2D eigenvalue weighted by atomic mass is 16.4. The normalized spacial score (nSPS) is 16.7. The Kier molecular flexibility index (Phi) is 2.41. The van der Waals surface area contributed by atoms with Crippen LogP contribution in [-0.4, -0.2) is 22.6 Å². The number of ketones is 2. The van der Waals surface area contributed by atoms with Gasteiger partial charge in [0.15, 0.2) is 0 Å². The average molecular weight is 180 g/mol. The molecule has 0 spiro atoms. The molecular weight excluding hydrogens is 172 g/mol. The Labute approximate surface area is 74.6 Å². The third-order valence-corrected chi connectivity index (χ3v) is 1.66. The largest absolute Gasteiger partial charge is 0.481 e. The molecule has 13 heavy (non-hydrogen) atoms. The maximum Gasteiger partial charge on any atom is 0.307 e. The van der Waals surface area contributed by atoms with Crippen LogP contribution in [0.15, 0.2) is 23.3 Å². The summed E-state index contributed by atoms with van der Waals surface area (Å²) >= 11 is 0. The van der Waals surface area contributed by atoms with Crippen molar-refractivity contribution in [1.82, 2.24) is 0 Å². The van der Waals surface area contributed by atoms with E-state index in [1.807, 2.05) is 0 Å². The molecule has 0 aromatic carbocycles. The van der Waals surface area contributed by atoms with Crippen molar-refractivity contribution in [2.45, 2.75) is 13.3 Å². The van der Waals surface area contributed by atoms with Gasteiger partial charge in [-0.2, -0.15) is 0 Å². The quantitative estimate of drug-likeness (QED) is 0.495. The van der Waals surface area contributed by atoms with E-state index in [0.29, 0.717) is 11.1 Å². The zero-order valence-electron chi connectivity index (χ0n) is 7.03. The van der Waals surface area contributed by atoms with Gasteiger partial charge in [0.25, 0.3) is 0 Å². The average Bonchev–Trinajstić information content (AvgIpc) is 1.98. The Bertz CT molecular complexity index is 347. The molecule has 0 saturated heterocycles. The summed E-state index contributed by atoms with van der Waals surface area (Å²) in [6.45, 7) is 1.50. The molecule has 4 nitrogen and oxygen atoms in total. The molecule has 1 N–H and O–H groups in total. The lowest BCUT2D eigenvalue weighted by Crippen LogP contribution is -2.17. The van der Waals surface area contributed by atoms with Crippen molar-refractivity contribution < 1.29 is 19.5 Å². The van der Waals surface area contributed by atoms with E-state index in [0.717, 1.165) is 6.08 Å². The summed E-state index contributed by atoms with van der Waals surface area (Å²) < 4.78 is 0. The van der Waals surface area contributed by atoms with E-state index >= 15 is 0 Å². The van der Waals surface area contributed by atoms with Crippen molar-refractivity contribution >= 4 is 17.5 Å². The van der Waals surface area contributed by atoms with Gasteiger partial charge in [-0.1, -0.05) is 6.08 Å². The highest BCUT2D eigenvalue weighted by Gasteiger charge is 2.19. The second kappa shape index (κ2) is 3.35. The first-order valence-electron chi connectivity index (χ1n) is 3.70. The first kappa shape index (κ1) is 9.38. The number of carbonyl (C=O) groups is 3. The van der Waals surface area contributed by atoms with Gasteiger partial charge in [0.2, 0.25) is 11.6 Å². The Hall–Kier alpha value is -1.71. The number of hydrogen-bond acceptors (Lipinski definition) is 3. The molecule has 0 bridgehead atoms. The summed E-state index contributed by atoms with van der Waals surface area (Å²) in [5.74, 6) is -2.22. The number of carboxylic acid groups (broad SMARTS) is 1. The second-order valence-corrected chi connectivity index (χ2v) is 2.81. The van der Waals surface area contributed by atoms with Crippen molar-refractivity contribution in [2.75, 3.05) is 0 Å². The van der Waals surface area contributed by atoms with Gasteiger partial charge in [-0.05, 0) is 18.6 Å². The minimum atomic E-state index is -1.02. The summed E-state index contributed by atoms with van der Waals surface area (Å²) in [6.07, 6.45) is 2.28. The van der Waals surface area contributed by atoms with E-state index < -0.39 is 17.5 Å². The van der Waals surface area contributed by atoms with Crippen LogP contribution in [0.4, 0.5) is 0 Å². The van der Waals surface area contributed by atoms with Gasteiger partial charge >= 0.3 is 5.97 Å². The zero-order chi connectivity index (χ0) is 10.0. The van der Waals surface area contributed by atoms with Gasteiger partial charge in [-0.25, -0.2) is 0 Å². The molecule has 1 aliphatic carbocycles. The van der Waals surface area contributed by atoms with E-state index in [4.69, 9.17) is 5.11 Å². The van der Waals surface area contributed by atoms with Crippen LogP contribution in [0.1, 0.15) is 13.3 Å². The molecule has 0 unspecified atom stereocenters. The van der Waals surface area contributed by atoms with Gasteiger partial charge in [0, 0.05) is 5.57 Å². The first-order valence-corrected chi connectivity index (χ1v) is 3.70. The maximum atomic E-state index is 10.9. The Balaban J connectivity index is 2.91. The molecule has 0 fully saturated rings. The number of hydrogen-bond donors (Lipinski definition) is 1. The zero-order valence-corrected chi connectivity index (χ0v) is 7.03. The van der Waals surface area contributed by atoms with E-state index in [1.165, 1.54) is 13.0 Å². The summed E-state index contributed by atoms with van der Waals surface area (Å²) in [4.78, 5) is 32.2. The minimum absolute atomic E-state index is 0.226. The SMILES string of the molecule is CC1=CC(CC(=O)O)=CC(=O)C1=O. The van der Waals surface area contributed by atoms with Crippen LogP contribution in [0.5, 0.6) is 0 Å². The van der Waals surface area contributed by atoms with Crippen molar-refractivity contribution in [2.24, 2.45) is 0 Å².